The monoisotopic (exact) mass is 1690 g/mol. The Balaban J connectivity index is 0.00000411. The fourth-order valence-electron chi connectivity index (χ4n) is 8.92. The Morgan fingerprint density at radius 3 is 1.06 bits per heavy atom. The van der Waals surface area contributed by atoms with Gasteiger partial charge in [0.2, 0.25) is 33.7 Å². The standard InChI is InChI=1S/C52H36Cl2N18O24S6.6Na/c53-47-59-49(63-51(61-47)57-31-15-17-35(97(79,80)81)33(21-31)65-67-39-41(45(75)76)69-71(43(39)73)101(91,92)93)55-29-11-7-23(8-12-29)27-5-3-25(37(19-27)99(85,86)87)1-2-26-4-6-28(20-38(26)100(88,89)90)24-9-13-30(14-10-24)56-50-60-48(54)62-52(64-50)58-32-16-18-36(98(82,83)84)34(22-32)66-68-40-42(46(77)78)70-72(44(40)74)102(94,95)96;;;;;;/h1-22,39-40H,(H,75,76)(H,77,78)(H,79,80,81)(H,82,83,84)(H,85,86,87)(H,88,89,90)(H,91,92,93)(H,94,95,96)(H2,55,57,59,61,63)(H2,56,58,60,62,64);;;;;;/q;6*+1/p-6/b2-1+,67-65?,68-66?;;;;;;. The van der Waals surface area contributed by atoms with Gasteiger partial charge in [-0.1, -0.05) is 69.5 Å². The number of hydrazone groups is 2. The maximum atomic E-state index is 12.7. The van der Waals surface area contributed by atoms with Crippen LogP contribution in [0, 0.1) is 0 Å². The van der Waals surface area contributed by atoms with Gasteiger partial charge in [0.05, 0.1) is 42.9 Å². The van der Waals surface area contributed by atoms with Gasteiger partial charge in [0.25, 0.3) is 11.8 Å². The maximum Gasteiger partial charge on any atom is 1.00 e. The molecule has 2 aromatic heterocycles. The predicted octanol–water partition coefficient (Wildman–Crippen LogP) is -17.3. The molecule has 0 bridgehead atoms. The van der Waals surface area contributed by atoms with Crippen LogP contribution in [0.3, 0.4) is 0 Å². The average Bonchev–Trinajstić information content (AvgIpc) is 1.56. The summed E-state index contributed by atoms with van der Waals surface area (Å²) in [5.74, 6) is -8.45. The molecule has 2 aliphatic heterocycles. The van der Waals surface area contributed by atoms with Gasteiger partial charge in [-0.05, 0) is 129 Å². The number of anilines is 4. The first kappa shape index (κ1) is 95.1. The number of aromatic amines is 2. The summed E-state index contributed by atoms with van der Waals surface area (Å²) in [5, 5.41) is 47.6. The zero-order valence-corrected chi connectivity index (χ0v) is 73.6. The Morgan fingerprint density at radius 1 is 0.454 bits per heavy atom. The Kier molecular flexibility index (Phi) is 33.5. The number of carbonyl (C=O) groups is 4. The molecule has 108 heavy (non-hydrogen) atoms. The number of carboxylic acid groups (broad SMARTS) is 2. The topological polar surface area (TPSA) is 664 Å². The molecule has 2 aliphatic rings. The van der Waals surface area contributed by atoms with Crippen LogP contribution in [0.5, 0.6) is 0 Å². The van der Waals surface area contributed by atoms with Crippen molar-refractivity contribution in [2.24, 2.45) is 40.6 Å². The Hall–Kier alpha value is -5.26. The second-order valence-electron chi connectivity index (χ2n) is 20.1. The zero-order chi connectivity index (χ0) is 74.3. The van der Waals surface area contributed by atoms with E-state index in [0.29, 0.717) is 23.3 Å². The Bertz CT molecular complexity index is 5640. The number of azo groups is 2. The van der Waals surface area contributed by atoms with Crippen molar-refractivity contribution in [2.45, 2.75) is 31.7 Å². The van der Waals surface area contributed by atoms with Crippen LogP contribution in [0.2, 0.25) is 10.6 Å². The van der Waals surface area contributed by atoms with E-state index >= 15 is 0 Å². The summed E-state index contributed by atoms with van der Waals surface area (Å²) < 4.78 is 212. The van der Waals surface area contributed by atoms with E-state index in [1.165, 1.54) is 72.8 Å². The summed E-state index contributed by atoms with van der Waals surface area (Å²) in [6, 6.07) is 19.3. The molecule has 0 saturated carbocycles. The maximum absolute atomic E-state index is 12.7. The van der Waals surface area contributed by atoms with Crippen LogP contribution in [0.15, 0.2) is 182 Å². The first-order valence-electron chi connectivity index (χ1n) is 26.8. The van der Waals surface area contributed by atoms with E-state index in [4.69, 9.17) is 23.2 Å². The number of hydrogen-bond acceptors (Lipinski definition) is 36. The van der Waals surface area contributed by atoms with E-state index in [9.17, 15) is 107 Å². The first-order valence-corrected chi connectivity index (χ1v) is 36.0. The Morgan fingerprint density at radius 2 is 0.769 bits per heavy atom. The summed E-state index contributed by atoms with van der Waals surface area (Å²) in [4.78, 5) is 74.3. The third kappa shape index (κ3) is 23.7. The van der Waals surface area contributed by atoms with Crippen molar-refractivity contribution in [3.63, 3.8) is 0 Å². The third-order valence-corrected chi connectivity index (χ3v) is 18.6. The molecule has 0 radical (unpaired) electrons. The quantitative estimate of drug-likeness (QED) is 0.0159. The molecule has 0 spiro atoms. The number of hydrogen-bond donors (Lipinski definition) is 6. The van der Waals surface area contributed by atoms with E-state index in [1.807, 2.05) is 0 Å². The number of H-pyrrole nitrogens is 2. The normalized spacial score (nSPS) is 15.1. The van der Waals surface area contributed by atoms with E-state index < -0.39 is 148 Å². The summed E-state index contributed by atoms with van der Waals surface area (Å²) in [6.07, 6.45) is 2.19. The number of aromatic nitrogens is 6. The number of amides is 2. The van der Waals surface area contributed by atoms with Crippen LogP contribution in [-0.2, 0) is 80.3 Å². The van der Waals surface area contributed by atoms with Crippen LogP contribution in [0.1, 0.15) is 11.1 Å². The molecule has 0 aliphatic carbocycles. The van der Waals surface area contributed by atoms with Crippen LogP contribution >= 0.6 is 23.2 Å². The van der Waals surface area contributed by atoms with E-state index in [0.717, 1.165) is 48.6 Å². The van der Waals surface area contributed by atoms with Crippen LogP contribution in [0.25, 0.3) is 34.4 Å². The zero-order valence-electron chi connectivity index (χ0n) is 55.2. The van der Waals surface area contributed by atoms with Crippen molar-refractivity contribution in [3.8, 4) is 22.3 Å². The number of nitrogens with one attached hydrogen (secondary N) is 4. The molecular weight excluding hydrogens is 1660 g/mol. The summed E-state index contributed by atoms with van der Waals surface area (Å²) in [5.41, 5.74) is -4.44. The molecule has 6 N–H and O–H groups in total. The molecule has 6 aromatic carbocycles. The van der Waals surface area contributed by atoms with Crippen molar-refractivity contribution >= 4 is 178 Å². The van der Waals surface area contributed by atoms with Gasteiger partial charge in [-0.2, -0.15) is 67.4 Å². The van der Waals surface area contributed by atoms with Gasteiger partial charge < -0.3 is 48.6 Å². The minimum absolute atomic E-state index is 0. The minimum atomic E-state index is -5.46. The van der Waals surface area contributed by atoms with Gasteiger partial charge in [0.15, 0.2) is 12.1 Å². The van der Waals surface area contributed by atoms with Crippen LogP contribution in [-0.4, -0.2) is 164 Å². The smallest absolute Gasteiger partial charge is 0.744 e. The molecule has 0 saturated heterocycles. The van der Waals surface area contributed by atoms with Gasteiger partial charge in [0, 0.05) is 11.4 Å². The van der Waals surface area contributed by atoms with Gasteiger partial charge in [0.1, 0.15) is 63.3 Å². The van der Waals surface area contributed by atoms with Crippen molar-refractivity contribution in [1.82, 2.24) is 38.7 Å². The number of nitrogens with zero attached hydrogens (tertiary/aromatic N) is 14. The molecule has 528 valence electrons. The molecule has 10 rings (SSSR count). The molecule has 8 aromatic rings. The minimum Gasteiger partial charge on any atom is -0.744 e. The second kappa shape index (κ2) is 38.0. The number of carbonyl (C=O) groups excluding carboxylic acids is 4. The summed E-state index contributed by atoms with van der Waals surface area (Å²) >= 11 is 12.4. The molecule has 0 fully saturated rings. The van der Waals surface area contributed by atoms with E-state index in [-0.39, 0.29) is 256 Å². The molecule has 2 amide bonds. The molecule has 42 nitrogen and oxygen atoms in total. The number of aliphatic carboxylic acids is 2. The summed E-state index contributed by atoms with van der Waals surface area (Å²) in [7, 11) is -32.2. The first-order chi connectivity index (χ1) is 47.6. The van der Waals surface area contributed by atoms with E-state index in [2.05, 4.69) is 81.2 Å². The number of carboxylic acids is 2. The van der Waals surface area contributed by atoms with Gasteiger partial charge in [-0.25, -0.2) is 43.7 Å². The summed E-state index contributed by atoms with van der Waals surface area (Å²) in [6.45, 7) is 0. The number of rotatable bonds is 22. The SMILES string of the molecule is O=C([O-])C1=NN(S(=O)(=O)O)C(=O)C1N=Nc1cc(N=c2nc(Nc3ccc(-c4ccc(/C=C/c5ccc(-c6ccc(Nc7nc(Cl)[nH]c(=Nc8ccc(S(=O)(=O)[O-])c(N=NC9C(=O)N(S(=O)(=O)O)N=C9C(=O)[O-])c8)n7)cc6)cc5S(=O)(=O)[O-])c(S(=O)(=O)[O-])c4)cc3)nc(Cl)[nH]2)ccc1S(=O)(=O)[O-].[Na+].[Na+].[Na+].[Na+].[Na+].[Na+]. The molecule has 2 atom stereocenters. The molecular formula is C52H30Cl2N18Na6O24S6. The predicted molar refractivity (Wildman–Crippen MR) is 335 cm³/mol. The molecule has 2 unspecified atom stereocenters. The van der Waals surface area contributed by atoms with Crippen LogP contribution < -0.4 is 209 Å². The van der Waals surface area contributed by atoms with Crippen molar-refractivity contribution in [2.75, 3.05) is 10.6 Å². The fraction of sp³-hybridized carbons (Fsp3) is 0.0385. The van der Waals surface area contributed by atoms with Gasteiger partial charge >= 0.3 is 198 Å². The van der Waals surface area contributed by atoms with E-state index in [1.54, 1.807) is 0 Å². The molecule has 56 heteroatoms. The third-order valence-electron chi connectivity index (χ3n) is 13.3. The number of halogens is 2. The van der Waals surface area contributed by atoms with Crippen LogP contribution in [0.4, 0.5) is 46.0 Å². The molecule has 4 heterocycles. The second-order valence-corrected chi connectivity index (χ2v) is 28.7. The largest absolute Gasteiger partial charge is 1.00 e. The average molecular weight is 1690 g/mol. The fourth-order valence-corrected chi connectivity index (χ4v) is 12.9. The van der Waals surface area contributed by atoms with Crippen molar-refractivity contribution < 1.29 is 285 Å². The van der Waals surface area contributed by atoms with Gasteiger partial charge in [-0.15, -0.1) is 0 Å². The Labute approximate surface area is 749 Å². The van der Waals surface area contributed by atoms with Crippen molar-refractivity contribution in [1.29, 1.82) is 0 Å². The number of benzene rings is 6. The van der Waals surface area contributed by atoms with Crippen molar-refractivity contribution in [3.05, 3.63) is 154 Å². The van der Waals surface area contributed by atoms with Gasteiger partial charge in [-0.3, -0.25) is 28.7 Å².